The van der Waals surface area contributed by atoms with E-state index in [1.54, 1.807) is 23.1 Å². The lowest BCUT2D eigenvalue weighted by atomic mass is 9.94. The van der Waals surface area contributed by atoms with Crippen LogP contribution in [0.5, 0.6) is 5.75 Å². The molecule has 1 fully saturated rings. The van der Waals surface area contributed by atoms with Gasteiger partial charge in [0.25, 0.3) is 5.91 Å². The SMILES string of the molecule is O=C(NC1CCCCC1)C(Cc1ccccc1)N(Cc1cccc(Br)c1)C(=O)COc1ccc(Br)cc1Cl. The number of carbonyl (C=O) groups is 2. The van der Waals surface area contributed by atoms with E-state index in [4.69, 9.17) is 16.3 Å². The van der Waals surface area contributed by atoms with Gasteiger partial charge in [0.1, 0.15) is 11.8 Å². The van der Waals surface area contributed by atoms with Crippen molar-refractivity contribution in [1.82, 2.24) is 10.2 Å². The molecule has 1 N–H and O–H groups in total. The Labute approximate surface area is 246 Å². The van der Waals surface area contributed by atoms with Gasteiger partial charge in [-0.2, -0.15) is 0 Å². The van der Waals surface area contributed by atoms with Crippen molar-refractivity contribution in [1.29, 1.82) is 0 Å². The second-order valence-corrected chi connectivity index (χ2v) is 11.8. The summed E-state index contributed by atoms with van der Waals surface area (Å²) in [6.07, 6.45) is 5.75. The van der Waals surface area contributed by atoms with E-state index in [0.29, 0.717) is 17.2 Å². The highest BCUT2D eigenvalue weighted by atomic mass is 79.9. The number of ether oxygens (including phenoxy) is 1. The smallest absolute Gasteiger partial charge is 0.261 e. The van der Waals surface area contributed by atoms with Crippen LogP contribution in [0.25, 0.3) is 0 Å². The Morgan fingerprint density at radius 2 is 1.63 bits per heavy atom. The van der Waals surface area contributed by atoms with Gasteiger partial charge in [-0.1, -0.05) is 105 Å². The van der Waals surface area contributed by atoms with Crippen LogP contribution >= 0.6 is 43.5 Å². The van der Waals surface area contributed by atoms with Crippen molar-refractivity contribution in [3.05, 3.63) is 97.9 Å². The molecule has 0 heterocycles. The highest BCUT2D eigenvalue weighted by molar-refractivity contribution is 9.10. The summed E-state index contributed by atoms with van der Waals surface area (Å²) in [7, 11) is 0. The fourth-order valence-corrected chi connectivity index (χ4v) is 5.92. The summed E-state index contributed by atoms with van der Waals surface area (Å²) in [6, 6.07) is 22.3. The van der Waals surface area contributed by atoms with Gasteiger partial charge in [0.2, 0.25) is 5.91 Å². The van der Waals surface area contributed by atoms with Crippen molar-refractivity contribution in [3.63, 3.8) is 0 Å². The molecule has 1 unspecified atom stereocenters. The lowest BCUT2D eigenvalue weighted by Gasteiger charge is -2.33. The minimum Gasteiger partial charge on any atom is -0.482 e. The van der Waals surface area contributed by atoms with E-state index in [-0.39, 0.29) is 31.0 Å². The van der Waals surface area contributed by atoms with Crippen molar-refractivity contribution < 1.29 is 14.3 Å². The van der Waals surface area contributed by atoms with Crippen LogP contribution in [0, 0.1) is 0 Å². The lowest BCUT2D eigenvalue weighted by molar-refractivity contribution is -0.143. The number of hydrogen-bond donors (Lipinski definition) is 1. The Morgan fingerprint density at radius 3 is 2.34 bits per heavy atom. The number of benzene rings is 3. The molecule has 4 rings (SSSR count). The van der Waals surface area contributed by atoms with Crippen LogP contribution in [-0.2, 0) is 22.6 Å². The van der Waals surface area contributed by atoms with E-state index >= 15 is 0 Å². The van der Waals surface area contributed by atoms with E-state index in [1.165, 1.54) is 6.42 Å². The number of rotatable bonds is 10. The van der Waals surface area contributed by atoms with Crippen LogP contribution in [0.1, 0.15) is 43.2 Å². The highest BCUT2D eigenvalue weighted by Gasteiger charge is 2.32. The predicted octanol–water partition coefficient (Wildman–Crippen LogP) is 7.33. The summed E-state index contributed by atoms with van der Waals surface area (Å²) >= 11 is 13.2. The molecule has 1 aliphatic carbocycles. The third kappa shape index (κ3) is 8.32. The Balaban J connectivity index is 1.62. The van der Waals surface area contributed by atoms with Gasteiger partial charge in [-0.15, -0.1) is 0 Å². The van der Waals surface area contributed by atoms with E-state index in [1.807, 2.05) is 54.6 Å². The first-order valence-electron chi connectivity index (χ1n) is 12.8. The molecular formula is C30H31Br2ClN2O3. The number of amides is 2. The third-order valence-electron chi connectivity index (χ3n) is 6.71. The first-order valence-corrected chi connectivity index (χ1v) is 14.8. The number of halogens is 3. The summed E-state index contributed by atoms with van der Waals surface area (Å²) in [5.41, 5.74) is 1.90. The maximum atomic E-state index is 13.8. The molecule has 2 amide bonds. The second-order valence-electron chi connectivity index (χ2n) is 9.56. The van der Waals surface area contributed by atoms with Crippen LogP contribution in [0.2, 0.25) is 5.02 Å². The van der Waals surface area contributed by atoms with Crippen molar-refractivity contribution in [2.45, 2.75) is 57.2 Å². The monoisotopic (exact) mass is 660 g/mol. The number of carbonyl (C=O) groups excluding carboxylic acids is 2. The molecule has 0 saturated heterocycles. The van der Waals surface area contributed by atoms with E-state index in [2.05, 4.69) is 37.2 Å². The van der Waals surface area contributed by atoms with Crippen LogP contribution < -0.4 is 10.1 Å². The zero-order valence-corrected chi connectivity index (χ0v) is 25.0. The molecule has 0 spiro atoms. The highest BCUT2D eigenvalue weighted by Crippen LogP contribution is 2.28. The van der Waals surface area contributed by atoms with E-state index in [0.717, 1.165) is 45.8 Å². The fourth-order valence-electron chi connectivity index (χ4n) is 4.74. The molecule has 3 aromatic carbocycles. The summed E-state index contributed by atoms with van der Waals surface area (Å²) in [5.74, 6) is -0.00801. The Bertz CT molecular complexity index is 1240. The van der Waals surface area contributed by atoms with Crippen molar-refractivity contribution in [2.75, 3.05) is 6.61 Å². The number of hydrogen-bond acceptors (Lipinski definition) is 3. The molecule has 0 bridgehead atoms. The van der Waals surface area contributed by atoms with Crippen molar-refractivity contribution in [3.8, 4) is 5.75 Å². The zero-order chi connectivity index (χ0) is 26.9. The first-order chi connectivity index (χ1) is 18.4. The largest absolute Gasteiger partial charge is 0.482 e. The molecule has 0 radical (unpaired) electrons. The molecule has 1 aliphatic rings. The van der Waals surface area contributed by atoms with Gasteiger partial charge >= 0.3 is 0 Å². The van der Waals surface area contributed by atoms with Crippen LogP contribution in [-0.4, -0.2) is 35.4 Å². The standard InChI is InChI=1S/C30H31Br2ClN2O3/c31-23-11-7-10-22(16-23)19-35(29(36)20-38-28-15-14-24(32)18-26(28)33)27(17-21-8-3-1-4-9-21)30(37)34-25-12-5-2-6-13-25/h1,3-4,7-11,14-16,18,25,27H,2,5-6,12-13,17,19-20H2,(H,34,37). The molecule has 0 aliphatic heterocycles. The maximum Gasteiger partial charge on any atom is 0.261 e. The lowest BCUT2D eigenvalue weighted by Crippen LogP contribution is -2.53. The van der Waals surface area contributed by atoms with Crippen LogP contribution in [0.3, 0.4) is 0 Å². The predicted molar refractivity (Wildman–Crippen MR) is 158 cm³/mol. The average molecular weight is 663 g/mol. The molecule has 3 aromatic rings. The van der Waals surface area contributed by atoms with Gasteiger partial charge in [0.05, 0.1) is 5.02 Å². The van der Waals surface area contributed by atoms with Crippen molar-refractivity contribution in [2.24, 2.45) is 0 Å². The number of nitrogens with one attached hydrogen (secondary N) is 1. The third-order valence-corrected chi connectivity index (χ3v) is 7.99. The minimum atomic E-state index is -0.699. The Kier molecular flexibility index (Phi) is 10.7. The number of nitrogens with zero attached hydrogens (tertiary/aromatic N) is 1. The van der Waals surface area contributed by atoms with Gasteiger partial charge < -0.3 is 15.0 Å². The van der Waals surface area contributed by atoms with Crippen LogP contribution in [0.4, 0.5) is 0 Å². The molecule has 200 valence electrons. The summed E-state index contributed by atoms with van der Waals surface area (Å²) in [4.78, 5) is 29.2. The van der Waals surface area contributed by atoms with E-state index < -0.39 is 6.04 Å². The first kappa shape index (κ1) is 28.7. The quantitative estimate of drug-likeness (QED) is 0.247. The van der Waals surface area contributed by atoms with Gasteiger partial charge in [-0.25, -0.2) is 0 Å². The maximum absolute atomic E-state index is 13.8. The fraction of sp³-hybridized carbons (Fsp3) is 0.333. The Morgan fingerprint density at radius 1 is 0.921 bits per heavy atom. The molecule has 8 heteroatoms. The Hall–Kier alpha value is -2.35. The molecular weight excluding hydrogens is 632 g/mol. The molecule has 0 aromatic heterocycles. The van der Waals surface area contributed by atoms with Gasteiger partial charge in [0, 0.05) is 28.0 Å². The van der Waals surface area contributed by atoms with Crippen molar-refractivity contribution >= 4 is 55.3 Å². The zero-order valence-electron chi connectivity index (χ0n) is 21.0. The summed E-state index contributed by atoms with van der Waals surface area (Å²) in [5, 5.41) is 3.66. The molecule has 1 atom stereocenters. The topological polar surface area (TPSA) is 58.6 Å². The molecule has 38 heavy (non-hydrogen) atoms. The summed E-state index contributed by atoms with van der Waals surface area (Å²) < 4.78 is 7.57. The van der Waals surface area contributed by atoms with Gasteiger partial charge in [-0.05, 0) is 54.3 Å². The van der Waals surface area contributed by atoms with E-state index in [9.17, 15) is 9.59 Å². The normalized spacial score (nSPS) is 14.5. The second kappa shape index (κ2) is 14.2. The van der Waals surface area contributed by atoms with Gasteiger partial charge in [-0.3, -0.25) is 9.59 Å². The van der Waals surface area contributed by atoms with Crippen LogP contribution in [0.15, 0.2) is 81.7 Å². The van der Waals surface area contributed by atoms with Gasteiger partial charge in [0.15, 0.2) is 6.61 Å². The average Bonchev–Trinajstić information content (AvgIpc) is 2.91. The molecule has 5 nitrogen and oxygen atoms in total. The minimum absolute atomic E-state index is 0.134. The summed E-state index contributed by atoms with van der Waals surface area (Å²) in [6.45, 7) is 0.0304. The molecule has 1 saturated carbocycles.